The summed E-state index contributed by atoms with van der Waals surface area (Å²) in [5, 5.41) is 6.41. The topological polar surface area (TPSA) is 98.8 Å². The van der Waals surface area contributed by atoms with Crippen molar-refractivity contribution in [1.29, 1.82) is 0 Å². The van der Waals surface area contributed by atoms with Crippen molar-refractivity contribution in [2.75, 3.05) is 32.4 Å². The fourth-order valence-corrected chi connectivity index (χ4v) is 7.89. The van der Waals surface area contributed by atoms with Crippen molar-refractivity contribution in [2.24, 2.45) is 0 Å². The van der Waals surface area contributed by atoms with Crippen LogP contribution >= 0.6 is 0 Å². The van der Waals surface area contributed by atoms with Gasteiger partial charge in [-0.1, -0.05) is 86.6 Å². The van der Waals surface area contributed by atoms with Gasteiger partial charge < -0.3 is 20.4 Å². The van der Waals surface area contributed by atoms with Gasteiger partial charge in [0.25, 0.3) is 0 Å². The highest BCUT2D eigenvalue weighted by atomic mass is 32.2. The van der Waals surface area contributed by atoms with Crippen LogP contribution in [0.25, 0.3) is 0 Å². The van der Waals surface area contributed by atoms with E-state index >= 15 is 0 Å². The Morgan fingerprint density at radius 2 is 1.45 bits per heavy atom. The molecule has 2 N–H and O–H groups in total. The Hall–Kier alpha value is -4.21. The van der Waals surface area contributed by atoms with Crippen LogP contribution in [0.2, 0.25) is 0 Å². The van der Waals surface area contributed by atoms with E-state index in [2.05, 4.69) is 76.2 Å². The predicted octanol–water partition coefficient (Wildman–Crippen LogP) is 5.70. The van der Waals surface area contributed by atoms with Gasteiger partial charge in [0.2, 0.25) is 12.8 Å². The van der Waals surface area contributed by atoms with Gasteiger partial charge in [0.15, 0.2) is 9.84 Å². The molecule has 3 aromatic carbocycles. The Bertz CT molecular complexity index is 1650. The number of amides is 2. The summed E-state index contributed by atoms with van der Waals surface area (Å²) in [7, 11) is -3.38. The van der Waals surface area contributed by atoms with Gasteiger partial charge in [0, 0.05) is 29.6 Å². The molecule has 1 saturated heterocycles. The van der Waals surface area contributed by atoms with Crippen LogP contribution in [-0.2, 0) is 24.8 Å². The minimum absolute atomic E-state index is 0.0202. The molecule has 0 aliphatic carbocycles. The third kappa shape index (κ3) is 7.36. The second-order valence-electron chi connectivity index (χ2n) is 12.4. The summed E-state index contributed by atoms with van der Waals surface area (Å²) < 4.78 is 24.4. The first-order valence-electron chi connectivity index (χ1n) is 16.5. The van der Waals surface area contributed by atoms with Crippen molar-refractivity contribution >= 4 is 22.7 Å². The van der Waals surface area contributed by atoms with Gasteiger partial charge in [-0.15, -0.1) is 0 Å². The smallest absolute Gasteiger partial charge is 0.213 e. The zero-order valence-electron chi connectivity index (χ0n) is 27.6. The Kier molecular flexibility index (Phi) is 11.0. The summed E-state index contributed by atoms with van der Waals surface area (Å²) in [4.78, 5) is 29.1. The highest BCUT2D eigenvalue weighted by molar-refractivity contribution is 7.90. The lowest BCUT2D eigenvalue weighted by Crippen LogP contribution is -2.44. The second-order valence-corrected chi connectivity index (χ2v) is 14.4. The Morgan fingerprint density at radius 1 is 0.872 bits per heavy atom. The van der Waals surface area contributed by atoms with E-state index in [4.69, 9.17) is 0 Å². The molecular formula is C38H46N4O4S. The maximum atomic E-state index is 12.8. The van der Waals surface area contributed by atoms with Crippen LogP contribution in [-0.4, -0.2) is 63.5 Å². The lowest BCUT2D eigenvalue weighted by atomic mass is 9.68. The average molecular weight is 655 g/mol. The van der Waals surface area contributed by atoms with E-state index in [1.807, 2.05) is 13.8 Å². The molecule has 0 bridgehead atoms. The van der Waals surface area contributed by atoms with Crippen molar-refractivity contribution in [1.82, 2.24) is 20.4 Å². The van der Waals surface area contributed by atoms with Crippen molar-refractivity contribution in [3.63, 3.8) is 0 Å². The number of carbonyl (C=O) groups excluding carboxylic acids is 2. The number of hydrogen-bond donors (Lipinski definition) is 2. The van der Waals surface area contributed by atoms with Crippen LogP contribution < -0.4 is 10.6 Å². The first kappa shape index (κ1) is 34.1. The summed E-state index contributed by atoms with van der Waals surface area (Å²) >= 11 is 0. The molecule has 0 radical (unpaired) electrons. The number of dihydropyridines is 1. The molecule has 9 heteroatoms. The lowest BCUT2D eigenvalue weighted by molar-refractivity contribution is -0.116. The monoisotopic (exact) mass is 654 g/mol. The van der Waals surface area contributed by atoms with Crippen LogP contribution in [0.4, 0.5) is 0 Å². The van der Waals surface area contributed by atoms with Crippen molar-refractivity contribution < 1.29 is 18.0 Å². The van der Waals surface area contributed by atoms with Crippen LogP contribution in [0.1, 0.15) is 68.6 Å². The van der Waals surface area contributed by atoms with E-state index < -0.39 is 15.8 Å². The molecule has 47 heavy (non-hydrogen) atoms. The summed E-state index contributed by atoms with van der Waals surface area (Å²) in [6, 6.07) is 28.4. The SMILES string of the molecule is CCC1=C(NC=O)C(c2ccc(S(C)(=O)=O)cc2)C(N(C=O)CCCN2CCC(c3ccccc3)(c3ccccc3)CC2)=C(CC)N1. The minimum Gasteiger partial charge on any atom is -0.359 e. The van der Waals surface area contributed by atoms with E-state index in [0.717, 1.165) is 68.0 Å². The third-order valence-corrected chi connectivity index (χ3v) is 10.9. The first-order chi connectivity index (χ1) is 22.8. The van der Waals surface area contributed by atoms with E-state index in [-0.39, 0.29) is 10.3 Å². The highest BCUT2D eigenvalue weighted by Gasteiger charge is 2.38. The Labute approximate surface area is 279 Å². The number of benzene rings is 3. The first-order valence-corrected chi connectivity index (χ1v) is 18.4. The Balaban J connectivity index is 1.35. The van der Waals surface area contributed by atoms with E-state index in [1.54, 1.807) is 29.2 Å². The molecule has 1 atom stereocenters. The highest BCUT2D eigenvalue weighted by Crippen LogP contribution is 2.42. The van der Waals surface area contributed by atoms with E-state index in [0.29, 0.717) is 31.5 Å². The van der Waals surface area contributed by atoms with Crippen LogP contribution in [0.3, 0.4) is 0 Å². The van der Waals surface area contributed by atoms with Crippen LogP contribution in [0.5, 0.6) is 0 Å². The van der Waals surface area contributed by atoms with E-state index in [9.17, 15) is 18.0 Å². The molecule has 1 unspecified atom stereocenters. The van der Waals surface area contributed by atoms with Gasteiger partial charge >= 0.3 is 0 Å². The molecule has 2 aliphatic heterocycles. The largest absolute Gasteiger partial charge is 0.359 e. The molecule has 2 aliphatic rings. The quantitative estimate of drug-likeness (QED) is 0.217. The number of piperidine rings is 1. The molecule has 0 spiro atoms. The van der Waals surface area contributed by atoms with E-state index in [1.165, 1.54) is 17.4 Å². The van der Waals surface area contributed by atoms with Gasteiger partial charge in [-0.2, -0.15) is 0 Å². The number of allylic oxidation sites excluding steroid dienone is 2. The maximum Gasteiger partial charge on any atom is 0.213 e. The normalized spacial score (nSPS) is 18.4. The van der Waals surface area contributed by atoms with Crippen LogP contribution in [0.15, 0.2) is 113 Å². The van der Waals surface area contributed by atoms with Crippen molar-refractivity contribution in [2.45, 2.75) is 62.2 Å². The molecule has 3 aromatic rings. The molecule has 5 rings (SSSR count). The fraction of sp³-hybridized carbons (Fsp3) is 0.368. The molecule has 0 aromatic heterocycles. The fourth-order valence-electron chi connectivity index (χ4n) is 7.26. The number of hydrogen-bond acceptors (Lipinski definition) is 6. The summed E-state index contributed by atoms with van der Waals surface area (Å²) in [5.41, 5.74) is 6.73. The summed E-state index contributed by atoms with van der Waals surface area (Å²) in [5.74, 6) is -0.447. The third-order valence-electron chi connectivity index (χ3n) is 9.73. The molecule has 2 amide bonds. The van der Waals surface area contributed by atoms with Gasteiger partial charge in [0.05, 0.1) is 22.2 Å². The number of rotatable bonds is 14. The zero-order valence-corrected chi connectivity index (χ0v) is 28.4. The van der Waals surface area contributed by atoms with Gasteiger partial charge in [-0.25, -0.2) is 8.42 Å². The standard InChI is InChI=1S/C38H46N4O4S/c1-4-33-36(39-27-43)35(29-17-19-32(20-18-29)47(3,45)46)37(34(5-2)40-33)42(28-44)24-12-23-41-25-21-38(22-26-41,30-13-8-6-9-14-30)31-15-10-7-11-16-31/h6-11,13-20,27-28,35,40H,4-5,12,21-26H2,1-3H3,(H,39,43). The summed E-state index contributed by atoms with van der Waals surface area (Å²) in [6.45, 7) is 7.34. The maximum absolute atomic E-state index is 12.8. The number of carbonyl (C=O) groups is 2. The van der Waals surface area contributed by atoms with Gasteiger partial charge in [-0.05, 0) is 80.6 Å². The number of sulfone groups is 1. The molecular weight excluding hydrogens is 609 g/mol. The van der Waals surface area contributed by atoms with Crippen molar-refractivity contribution in [3.8, 4) is 0 Å². The predicted molar refractivity (Wildman–Crippen MR) is 186 cm³/mol. The molecule has 248 valence electrons. The second kappa shape index (κ2) is 15.1. The van der Waals surface area contributed by atoms with Crippen LogP contribution in [0, 0.1) is 0 Å². The number of nitrogens with zero attached hydrogens (tertiary/aromatic N) is 2. The molecule has 1 fully saturated rings. The average Bonchev–Trinajstić information content (AvgIpc) is 3.11. The zero-order chi connectivity index (χ0) is 33.4. The Morgan fingerprint density at radius 3 is 1.94 bits per heavy atom. The van der Waals surface area contributed by atoms with Gasteiger partial charge in [0.1, 0.15) is 0 Å². The number of nitrogens with one attached hydrogen (secondary N) is 2. The summed E-state index contributed by atoms with van der Waals surface area (Å²) in [6.07, 6.45) is 6.84. The van der Waals surface area contributed by atoms with Crippen molar-refractivity contribution in [3.05, 3.63) is 124 Å². The molecule has 8 nitrogen and oxygen atoms in total. The molecule has 0 saturated carbocycles. The minimum atomic E-state index is -3.38. The van der Waals surface area contributed by atoms with Gasteiger partial charge in [-0.3, -0.25) is 9.59 Å². The molecule has 2 heterocycles. The number of likely N-dealkylation sites (tertiary alicyclic amines) is 1. The lowest BCUT2D eigenvalue weighted by Gasteiger charge is -2.43.